The number of nitrogens with two attached hydrogens (primary N) is 2. The van der Waals surface area contributed by atoms with Crippen LogP contribution in [0.2, 0.25) is 0 Å². The molecule has 0 radical (unpaired) electrons. The second-order valence-corrected chi connectivity index (χ2v) is 3.41. The first kappa shape index (κ1) is 13.0. The molecule has 16 heavy (non-hydrogen) atoms. The van der Waals surface area contributed by atoms with Crippen molar-refractivity contribution >= 4 is 0 Å². The van der Waals surface area contributed by atoms with Gasteiger partial charge in [0.25, 0.3) is 0 Å². The summed E-state index contributed by atoms with van der Waals surface area (Å²) in [6, 6.07) is 2.52. The van der Waals surface area contributed by atoms with Crippen LogP contribution >= 0.6 is 0 Å². The van der Waals surface area contributed by atoms with E-state index in [1.807, 2.05) is 0 Å². The summed E-state index contributed by atoms with van der Waals surface area (Å²) < 4.78 is 37.1. The molecule has 0 saturated carbocycles. The molecule has 0 heterocycles. The lowest BCUT2D eigenvalue weighted by Gasteiger charge is -2.16. The lowest BCUT2D eigenvalue weighted by Crippen LogP contribution is -2.22. The Kier molecular flexibility index (Phi) is 3.90. The quantitative estimate of drug-likeness (QED) is 0.734. The summed E-state index contributed by atoms with van der Waals surface area (Å²) in [7, 11) is 0. The van der Waals surface area contributed by atoms with E-state index >= 15 is 0 Å². The number of alkyl halides is 3. The minimum Gasteiger partial charge on any atom is -0.392 e. The smallest absolute Gasteiger partial charge is 0.392 e. The number of aliphatic hydroxyl groups excluding tert-OH is 1. The zero-order chi connectivity index (χ0) is 12.3. The fourth-order valence-corrected chi connectivity index (χ4v) is 1.41. The number of hydrogen-bond acceptors (Lipinski definition) is 3. The van der Waals surface area contributed by atoms with Crippen molar-refractivity contribution in [1.29, 1.82) is 0 Å². The first-order chi connectivity index (χ1) is 7.40. The molecule has 1 aromatic rings. The van der Waals surface area contributed by atoms with Crippen molar-refractivity contribution in [2.75, 3.05) is 6.54 Å². The van der Waals surface area contributed by atoms with Gasteiger partial charge in [-0.15, -0.1) is 0 Å². The molecule has 1 rings (SSSR count). The van der Waals surface area contributed by atoms with E-state index in [-0.39, 0.29) is 12.1 Å². The van der Waals surface area contributed by atoms with Gasteiger partial charge in [0, 0.05) is 12.6 Å². The van der Waals surface area contributed by atoms with Gasteiger partial charge in [0.05, 0.1) is 12.2 Å². The van der Waals surface area contributed by atoms with E-state index in [2.05, 4.69) is 0 Å². The van der Waals surface area contributed by atoms with Crippen molar-refractivity contribution in [1.82, 2.24) is 0 Å². The van der Waals surface area contributed by atoms with E-state index in [1.54, 1.807) is 0 Å². The summed E-state index contributed by atoms with van der Waals surface area (Å²) in [6.07, 6.45) is -4.42. The number of benzene rings is 1. The Labute approximate surface area is 90.9 Å². The Bertz CT molecular complexity index is 366. The van der Waals surface area contributed by atoms with Crippen LogP contribution in [0.5, 0.6) is 0 Å². The first-order valence-electron chi connectivity index (χ1n) is 4.66. The van der Waals surface area contributed by atoms with Crippen LogP contribution in [-0.2, 0) is 12.8 Å². The molecule has 3 nitrogen and oxygen atoms in total. The molecule has 0 fully saturated rings. The van der Waals surface area contributed by atoms with E-state index in [1.165, 1.54) is 6.07 Å². The molecule has 0 aliphatic rings. The monoisotopic (exact) mass is 234 g/mol. The Morgan fingerprint density at radius 3 is 2.38 bits per heavy atom. The summed E-state index contributed by atoms with van der Waals surface area (Å²) in [6.45, 7) is -0.384. The van der Waals surface area contributed by atoms with E-state index < -0.39 is 24.4 Å². The highest BCUT2D eigenvalue weighted by Crippen LogP contribution is 2.31. The lowest BCUT2D eigenvalue weighted by atomic mass is 9.98. The molecule has 0 aliphatic carbocycles. The molecule has 1 aromatic carbocycles. The van der Waals surface area contributed by atoms with Crippen molar-refractivity contribution in [3.05, 3.63) is 34.9 Å². The Morgan fingerprint density at radius 1 is 1.31 bits per heavy atom. The third-order valence-corrected chi connectivity index (χ3v) is 2.29. The van der Waals surface area contributed by atoms with Gasteiger partial charge in [0.15, 0.2) is 0 Å². The Morgan fingerprint density at radius 2 is 1.94 bits per heavy atom. The van der Waals surface area contributed by atoms with E-state index in [0.717, 1.165) is 12.1 Å². The summed E-state index contributed by atoms with van der Waals surface area (Å²) in [5.41, 5.74) is 10.7. The van der Waals surface area contributed by atoms with Crippen LogP contribution in [0.4, 0.5) is 13.2 Å². The van der Waals surface area contributed by atoms with Crippen LogP contribution in [0.25, 0.3) is 0 Å². The van der Waals surface area contributed by atoms with Crippen LogP contribution in [0.1, 0.15) is 22.7 Å². The average molecular weight is 234 g/mol. The highest BCUT2D eigenvalue weighted by atomic mass is 19.4. The normalized spacial score (nSPS) is 13.9. The molecule has 90 valence electrons. The van der Waals surface area contributed by atoms with Gasteiger partial charge in [-0.2, -0.15) is 13.2 Å². The van der Waals surface area contributed by atoms with Crippen LogP contribution in [0.15, 0.2) is 18.2 Å². The van der Waals surface area contributed by atoms with Gasteiger partial charge < -0.3 is 16.6 Å². The fourth-order valence-electron chi connectivity index (χ4n) is 1.41. The molecule has 0 saturated heterocycles. The van der Waals surface area contributed by atoms with E-state index in [4.69, 9.17) is 16.6 Å². The summed E-state index contributed by atoms with van der Waals surface area (Å²) in [4.78, 5) is 0. The highest BCUT2D eigenvalue weighted by molar-refractivity contribution is 5.35. The maximum Gasteiger partial charge on any atom is 0.416 e. The standard InChI is InChI=1S/C10H13F3N2O/c11-10(12,13)7-1-2-8(9(15)4-14)6(3-7)5-16/h1-3,9,16H,4-5,14-15H2/t9-/m1/s1. The van der Waals surface area contributed by atoms with Crippen molar-refractivity contribution in [3.63, 3.8) is 0 Å². The predicted molar refractivity (Wildman–Crippen MR) is 53.3 cm³/mol. The van der Waals surface area contributed by atoms with Gasteiger partial charge in [-0.3, -0.25) is 0 Å². The van der Waals surface area contributed by atoms with Gasteiger partial charge in [-0.05, 0) is 23.3 Å². The topological polar surface area (TPSA) is 72.3 Å². The second kappa shape index (κ2) is 4.82. The van der Waals surface area contributed by atoms with Gasteiger partial charge in [0.1, 0.15) is 0 Å². The van der Waals surface area contributed by atoms with Gasteiger partial charge in [0.2, 0.25) is 0 Å². The molecule has 0 spiro atoms. The number of halogens is 3. The average Bonchev–Trinajstić information content (AvgIpc) is 2.26. The molecule has 0 aliphatic heterocycles. The molecule has 0 amide bonds. The van der Waals surface area contributed by atoms with Crippen LogP contribution in [0.3, 0.4) is 0 Å². The molecule has 0 unspecified atom stereocenters. The molecular weight excluding hydrogens is 221 g/mol. The predicted octanol–water partition coefficient (Wildman–Crippen LogP) is 1.16. The van der Waals surface area contributed by atoms with Gasteiger partial charge in [-0.1, -0.05) is 6.07 Å². The SMILES string of the molecule is NC[C@@H](N)c1ccc(C(F)(F)F)cc1CO. The minimum absolute atomic E-state index is 0.109. The molecule has 1 atom stereocenters. The third-order valence-electron chi connectivity index (χ3n) is 2.29. The van der Waals surface area contributed by atoms with Gasteiger partial charge >= 0.3 is 6.18 Å². The second-order valence-electron chi connectivity index (χ2n) is 3.41. The highest BCUT2D eigenvalue weighted by Gasteiger charge is 2.31. The van der Waals surface area contributed by atoms with Crippen LogP contribution in [0, 0.1) is 0 Å². The van der Waals surface area contributed by atoms with Crippen LogP contribution < -0.4 is 11.5 Å². The van der Waals surface area contributed by atoms with Crippen molar-refractivity contribution in [2.45, 2.75) is 18.8 Å². The number of aliphatic hydroxyl groups is 1. The van der Waals surface area contributed by atoms with Crippen molar-refractivity contribution < 1.29 is 18.3 Å². The molecule has 0 aromatic heterocycles. The van der Waals surface area contributed by atoms with Crippen molar-refractivity contribution in [2.24, 2.45) is 11.5 Å². The summed E-state index contributed by atoms with van der Waals surface area (Å²) in [5, 5.41) is 8.99. The maximum atomic E-state index is 12.4. The molecule has 6 heteroatoms. The molecular formula is C10H13F3N2O. The molecule has 0 bridgehead atoms. The number of rotatable bonds is 3. The minimum atomic E-state index is -4.42. The van der Waals surface area contributed by atoms with Crippen LogP contribution in [-0.4, -0.2) is 11.7 Å². The third kappa shape index (κ3) is 2.72. The zero-order valence-corrected chi connectivity index (χ0v) is 8.46. The maximum absolute atomic E-state index is 12.4. The van der Waals surface area contributed by atoms with E-state index in [0.29, 0.717) is 5.56 Å². The Balaban J connectivity index is 3.17. The lowest BCUT2D eigenvalue weighted by molar-refractivity contribution is -0.137. The Hall–Kier alpha value is -1.11. The summed E-state index contributed by atoms with van der Waals surface area (Å²) in [5.74, 6) is 0. The number of hydrogen-bond donors (Lipinski definition) is 3. The first-order valence-corrected chi connectivity index (χ1v) is 4.66. The summed E-state index contributed by atoms with van der Waals surface area (Å²) >= 11 is 0. The van der Waals surface area contributed by atoms with E-state index in [9.17, 15) is 13.2 Å². The fraction of sp³-hybridized carbons (Fsp3) is 0.400. The van der Waals surface area contributed by atoms with Crippen molar-refractivity contribution in [3.8, 4) is 0 Å². The molecule has 5 N–H and O–H groups in total. The largest absolute Gasteiger partial charge is 0.416 e. The van der Waals surface area contributed by atoms with Gasteiger partial charge in [-0.25, -0.2) is 0 Å². The zero-order valence-electron chi connectivity index (χ0n) is 8.46.